The van der Waals surface area contributed by atoms with Crippen molar-refractivity contribution in [2.24, 2.45) is 0 Å². The highest BCUT2D eigenvalue weighted by Crippen LogP contribution is 2.26. The molecule has 0 unspecified atom stereocenters. The Morgan fingerprint density at radius 1 is 1.20 bits per heavy atom. The van der Waals surface area contributed by atoms with Crippen molar-refractivity contribution in [3.8, 4) is 0 Å². The number of hydrogen-bond acceptors (Lipinski definition) is 4. The number of nitrogens with zero attached hydrogens (tertiary/aromatic N) is 2. The van der Waals surface area contributed by atoms with Crippen LogP contribution >= 0.6 is 0 Å². The molecule has 0 atom stereocenters. The van der Waals surface area contributed by atoms with Gasteiger partial charge in [0.15, 0.2) is 0 Å². The minimum atomic E-state index is -0.262. The van der Waals surface area contributed by atoms with Crippen LogP contribution in [0.25, 0.3) is 0 Å². The Morgan fingerprint density at radius 3 is 2.90 bits per heavy atom. The van der Waals surface area contributed by atoms with Gasteiger partial charge in [-0.15, -0.1) is 0 Å². The molecule has 1 aliphatic rings. The summed E-state index contributed by atoms with van der Waals surface area (Å²) in [4.78, 5) is 23.3. The van der Waals surface area contributed by atoms with Crippen molar-refractivity contribution >= 4 is 23.2 Å². The van der Waals surface area contributed by atoms with Crippen LogP contribution in [0.15, 0.2) is 36.7 Å². The van der Waals surface area contributed by atoms with E-state index >= 15 is 0 Å². The van der Waals surface area contributed by atoms with E-state index < -0.39 is 0 Å². The van der Waals surface area contributed by atoms with Gasteiger partial charge in [-0.2, -0.15) is 10.2 Å². The van der Waals surface area contributed by atoms with Crippen LogP contribution in [0.2, 0.25) is 0 Å². The molecule has 2 N–H and O–H groups in total. The lowest BCUT2D eigenvalue weighted by Gasteiger charge is -2.17. The van der Waals surface area contributed by atoms with Gasteiger partial charge < -0.3 is 10.6 Å². The summed E-state index contributed by atoms with van der Waals surface area (Å²) in [6, 6.07) is 7.08. The molecule has 0 bridgehead atoms. The van der Waals surface area contributed by atoms with Crippen molar-refractivity contribution in [1.29, 1.82) is 0 Å². The van der Waals surface area contributed by atoms with E-state index in [0.29, 0.717) is 17.7 Å². The minimum Gasteiger partial charge on any atom is -0.326 e. The number of hydrogen-bond donors (Lipinski definition) is 2. The lowest BCUT2D eigenvalue weighted by molar-refractivity contribution is -0.116. The second-order valence-electron chi connectivity index (χ2n) is 4.51. The standard InChI is InChI=1S/C14H12N4O2/c19-13-4-2-9-1-3-11(7-12(9)18-13)17-14(20)10-5-6-15-16-8-10/h1,3,5-8H,2,4H2,(H,17,20)(H,18,19). The summed E-state index contributed by atoms with van der Waals surface area (Å²) in [5, 5.41) is 12.8. The molecule has 6 heteroatoms. The van der Waals surface area contributed by atoms with E-state index in [4.69, 9.17) is 0 Å². The SMILES string of the molecule is O=C1CCc2ccc(NC(=O)c3ccnnc3)cc2N1. The molecule has 0 spiro atoms. The molecule has 0 saturated carbocycles. The number of carbonyl (C=O) groups excluding carboxylic acids is 2. The molecular weight excluding hydrogens is 256 g/mol. The van der Waals surface area contributed by atoms with Gasteiger partial charge in [0.25, 0.3) is 5.91 Å². The number of aryl methyl sites for hydroxylation is 1. The van der Waals surface area contributed by atoms with Crippen LogP contribution in [0.1, 0.15) is 22.3 Å². The largest absolute Gasteiger partial charge is 0.326 e. The van der Waals surface area contributed by atoms with Gasteiger partial charge in [0.05, 0.1) is 18.0 Å². The zero-order valence-corrected chi connectivity index (χ0v) is 10.6. The summed E-state index contributed by atoms with van der Waals surface area (Å²) >= 11 is 0. The van der Waals surface area contributed by atoms with E-state index in [1.807, 2.05) is 12.1 Å². The van der Waals surface area contributed by atoms with Gasteiger partial charge >= 0.3 is 0 Å². The van der Waals surface area contributed by atoms with Gasteiger partial charge in [0.2, 0.25) is 5.91 Å². The fourth-order valence-corrected chi connectivity index (χ4v) is 2.08. The third-order valence-corrected chi connectivity index (χ3v) is 3.11. The number of rotatable bonds is 2. The number of benzene rings is 1. The molecule has 1 aromatic carbocycles. The molecule has 1 aromatic heterocycles. The first kappa shape index (κ1) is 12.3. The fraction of sp³-hybridized carbons (Fsp3) is 0.143. The summed E-state index contributed by atoms with van der Waals surface area (Å²) in [6.07, 6.45) is 4.09. The number of nitrogens with one attached hydrogen (secondary N) is 2. The van der Waals surface area contributed by atoms with E-state index in [-0.39, 0.29) is 11.8 Å². The third kappa shape index (κ3) is 2.49. The van der Waals surface area contributed by atoms with Gasteiger partial charge in [-0.05, 0) is 30.2 Å². The van der Waals surface area contributed by atoms with Gasteiger partial charge in [-0.3, -0.25) is 9.59 Å². The predicted molar refractivity (Wildman–Crippen MR) is 73.4 cm³/mol. The first-order valence-corrected chi connectivity index (χ1v) is 6.23. The van der Waals surface area contributed by atoms with Crippen LogP contribution < -0.4 is 10.6 Å². The van der Waals surface area contributed by atoms with Gasteiger partial charge in [0, 0.05) is 17.8 Å². The number of carbonyl (C=O) groups is 2. The van der Waals surface area contributed by atoms with Crippen molar-refractivity contribution in [3.63, 3.8) is 0 Å². The summed E-state index contributed by atoms with van der Waals surface area (Å²) in [5.74, 6) is -0.263. The average molecular weight is 268 g/mol. The summed E-state index contributed by atoms with van der Waals surface area (Å²) in [5.41, 5.74) is 2.90. The Kier molecular flexibility index (Phi) is 3.12. The molecule has 0 radical (unpaired) electrons. The molecule has 6 nitrogen and oxygen atoms in total. The lowest BCUT2D eigenvalue weighted by atomic mass is 10.0. The number of amides is 2. The van der Waals surface area contributed by atoms with Crippen LogP contribution in [0.3, 0.4) is 0 Å². The second kappa shape index (κ2) is 5.08. The zero-order valence-electron chi connectivity index (χ0n) is 10.6. The molecule has 0 saturated heterocycles. The zero-order chi connectivity index (χ0) is 13.9. The number of fused-ring (bicyclic) bond motifs is 1. The van der Waals surface area contributed by atoms with Crippen LogP contribution in [-0.4, -0.2) is 22.0 Å². The lowest BCUT2D eigenvalue weighted by Crippen LogP contribution is -2.19. The molecule has 2 aromatic rings. The molecule has 0 aliphatic carbocycles. The van der Waals surface area contributed by atoms with Crippen molar-refractivity contribution in [1.82, 2.24) is 10.2 Å². The molecule has 20 heavy (non-hydrogen) atoms. The number of aromatic nitrogens is 2. The summed E-state index contributed by atoms with van der Waals surface area (Å²) in [6.45, 7) is 0. The quantitative estimate of drug-likeness (QED) is 0.866. The van der Waals surface area contributed by atoms with Crippen molar-refractivity contribution in [2.75, 3.05) is 10.6 Å². The Labute approximate surface area is 115 Å². The van der Waals surface area contributed by atoms with Crippen LogP contribution in [-0.2, 0) is 11.2 Å². The smallest absolute Gasteiger partial charge is 0.257 e. The Hall–Kier alpha value is -2.76. The highest BCUT2D eigenvalue weighted by atomic mass is 16.2. The average Bonchev–Trinajstić information content (AvgIpc) is 2.47. The van der Waals surface area contributed by atoms with Gasteiger partial charge in [-0.25, -0.2) is 0 Å². The predicted octanol–water partition coefficient (Wildman–Crippen LogP) is 1.61. The molecule has 0 fully saturated rings. The van der Waals surface area contributed by atoms with E-state index in [1.165, 1.54) is 12.4 Å². The molecule has 2 heterocycles. The van der Waals surface area contributed by atoms with Crippen LogP contribution in [0.5, 0.6) is 0 Å². The van der Waals surface area contributed by atoms with Crippen LogP contribution in [0, 0.1) is 0 Å². The first-order valence-electron chi connectivity index (χ1n) is 6.23. The summed E-state index contributed by atoms with van der Waals surface area (Å²) in [7, 11) is 0. The van der Waals surface area contributed by atoms with Crippen molar-refractivity contribution < 1.29 is 9.59 Å². The molecule has 1 aliphatic heterocycles. The maximum Gasteiger partial charge on any atom is 0.257 e. The monoisotopic (exact) mass is 268 g/mol. The van der Waals surface area contributed by atoms with Crippen molar-refractivity contribution in [2.45, 2.75) is 12.8 Å². The molecule has 100 valence electrons. The van der Waals surface area contributed by atoms with Crippen LogP contribution in [0.4, 0.5) is 11.4 Å². The van der Waals surface area contributed by atoms with Gasteiger partial charge in [-0.1, -0.05) is 6.07 Å². The van der Waals surface area contributed by atoms with E-state index in [9.17, 15) is 9.59 Å². The van der Waals surface area contributed by atoms with E-state index in [2.05, 4.69) is 20.8 Å². The maximum atomic E-state index is 12.0. The highest BCUT2D eigenvalue weighted by Gasteiger charge is 2.15. The van der Waals surface area contributed by atoms with Crippen molar-refractivity contribution in [3.05, 3.63) is 47.8 Å². The topological polar surface area (TPSA) is 84.0 Å². The maximum absolute atomic E-state index is 12.0. The Bertz CT molecular complexity index is 670. The van der Waals surface area contributed by atoms with E-state index in [1.54, 1.807) is 12.1 Å². The fourth-order valence-electron chi connectivity index (χ4n) is 2.08. The number of anilines is 2. The molecular formula is C14H12N4O2. The Morgan fingerprint density at radius 2 is 2.10 bits per heavy atom. The summed E-state index contributed by atoms with van der Waals surface area (Å²) < 4.78 is 0. The van der Waals surface area contributed by atoms with E-state index in [0.717, 1.165) is 17.7 Å². The third-order valence-electron chi connectivity index (χ3n) is 3.11. The minimum absolute atomic E-state index is 0.000639. The molecule has 2 amide bonds. The molecule has 3 rings (SSSR count). The first-order chi connectivity index (χ1) is 9.72. The second-order valence-corrected chi connectivity index (χ2v) is 4.51. The van der Waals surface area contributed by atoms with Gasteiger partial charge in [0.1, 0.15) is 0 Å². The Balaban J connectivity index is 1.80. The normalized spacial score (nSPS) is 13.3. The highest BCUT2D eigenvalue weighted by molar-refractivity contribution is 6.04.